The number of thiocarbonyl (C=S) groups is 1. The van der Waals surface area contributed by atoms with E-state index in [2.05, 4.69) is 31.3 Å². The summed E-state index contributed by atoms with van der Waals surface area (Å²) in [6, 6.07) is 16.0. The molecule has 0 radical (unpaired) electrons. The molecular formula is C23H25NO3S2. The van der Waals surface area contributed by atoms with Crippen molar-refractivity contribution in [3.8, 4) is 11.5 Å². The van der Waals surface area contributed by atoms with Crippen LogP contribution in [0.25, 0.3) is 6.08 Å². The van der Waals surface area contributed by atoms with Crippen molar-refractivity contribution in [2.45, 2.75) is 32.6 Å². The van der Waals surface area contributed by atoms with Crippen molar-refractivity contribution < 1.29 is 14.3 Å². The van der Waals surface area contributed by atoms with Gasteiger partial charge in [0.1, 0.15) is 15.8 Å². The van der Waals surface area contributed by atoms with E-state index >= 15 is 0 Å². The smallest absolute Gasteiger partial charge is 0.263 e. The number of rotatable bonds is 9. The van der Waals surface area contributed by atoms with Gasteiger partial charge in [0.05, 0.1) is 18.1 Å². The van der Waals surface area contributed by atoms with Gasteiger partial charge in [-0.1, -0.05) is 62.1 Å². The molecule has 152 valence electrons. The Morgan fingerprint density at radius 3 is 2.14 bits per heavy atom. The van der Waals surface area contributed by atoms with Crippen LogP contribution in [0.4, 0.5) is 0 Å². The van der Waals surface area contributed by atoms with Crippen molar-refractivity contribution in [3.63, 3.8) is 0 Å². The van der Waals surface area contributed by atoms with Gasteiger partial charge >= 0.3 is 0 Å². The highest BCUT2D eigenvalue weighted by atomic mass is 32.2. The molecule has 1 unspecified atom stereocenters. The van der Waals surface area contributed by atoms with Crippen molar-refractivity contribution in [1.29, 1.82) is 0 Å². The first-order chi connectivity index (χ1) is 14.0. The molecule has 2 aromatic carbocycles. The number of ether oxygens (including phenoxy) is 2. The van der Waals surface area contributed by atoms with Gasteiger partial charge in [0, 0.05) is 6.42 Å². The predicted octanol–water partition coefficient (Wildman–Crippen LogP) is 5.54. The number of carbonyl (C=O) groups excluding carboxylic acids is 1. The summed E-state index contributed by atoms with van der Waals surface area (Å²) in [7, 11) is 0. The van der Waals surface area contributed by atoms with Crippen LogP contribution in [0, 0.1) is 0 Å². The molecule has 0 spiro atoms. The van der Waals surface area contributed by atoms with E-state index in [1.807, 2.05) is 42.5 Å². The molecule has 1 heterocycles. The number of benzene rings is 2. The van der Waals surface area contributed by atoms with Gasteiger partial charge < -0.3 is 14.8 Å². The Morgan fingerprint density at radius 1 is 1.03 bits per heavy atom. The lowest BCUT2D eigenvalue weighted by molar-refractivity contribution is -0.115. The third-order valence-corrected chi connectivity index (χ3v) is 5.87. The van der Waals surface area contributed by atoms with E-state index in [4.69, 9.17) is 21.7 Å². The lowest BCUT2D eigenvalue weighted by Crippen LogP contribution is -2.17. The topological polar surface area (TPSA) is 47.6 Å². The average Bonchev–Trinajstić information content (AvgIpc) is 3.05. The van der Waals surface area contributed by atoms with Gasteiger partial charge in [-0.05, 0) is 53.8 Å². The summed E-state index contributed by atoms with van der Waals surface area (Å²) in [5, 5.41) is 2.61. The maximum absolute atomic E-state index is 11.7. The van der Waals surface area contributed by atoms with Crippen LogP contribution in [0.15, 0.2) is 53.4 Å². The minimum atomic E-state index is -0.144. The molecule has 2 aromatic rings. The molecule has 29 heavy (non-hydrogen) atoms. The first-order valence-corrected chi connectivity index (χ1v) is 11.0. The highest BCUT2D eigenvalue weighted by Crippen LogP contribution is 2.26. The summed E-state index contributed by atoms with van der Waals surface area (Å²) in [5.41, 5.74) is 2.28. The number of hydrogen-bond donors (Lipinski definition) is 1. The van der Waals surface area contributed by atoms with Gasteiger partial charge in [0.25, 0.3) is 5.91 Å². The van der Waals surface area contributed by atoms with Crippen LogP contribution < -0.4 is 14.8 Å². The molecular weight excluding hydrogens is 402 g/mol. The van der Waals surface area contributed by atoms with Crippen LogP contribution in [-0.2, 0) is 4.79 Å². The maximum Gasteiger partial charge on any atom is 0.263 e. The molecule has 1 atom stereocenters. The zero-order chi connectivity index (χ0) is 20.6. The Hall–Kier alpha value is -2.31. The van der Waals surface area contributed by atoms with E-state index in [9.17, 15) is 4.79 Å². The fourth-order valence-corrected chi connectivity index (χ4v) is 3.84. The summed E-state index contributed by atoms with van der Waals surface area (Å²) in [5.74, 6) is 2.12. The Bertz CT molecular complexity index is 876. The van der Waals surface area contributed by atoms with Gasteiger partial charge in [-0.15, -0.1) is 0 Å². The Balaban J connectivity index is 1.39. The molecule has 1 aliphatic rings. The van der Waals surface area contributed by atoms with Gasteiger partial charge in [-0.25, -0.2) is 0 Å². The van der Waals surface area contributed by atoms with Crippen LogP contribution in [0.2, 0.25) is 0 Å². The van der Waals surface area contributed by atoms with Crippen LogP contribution in [-0.4, -0.2) is 23.4 Å². The molecule has 1 aliphatic heterocycles. The molecule has 4 nitrogen and oxygen atoms in total. The summed E-state index contributed by atoms with van der Waals surface area (Å²) in [6.07, 6.45) is 3.76. The van der Waals surface area contributed by atoms with E-state index < -0.39 is 0 Å². The second-order valence-electron chi connectivity index (χ2n) is 6.85. The van der Waals surface area contributed by atoms with E-state index in [1.54, 1.807) is 0 Å². The fourth-order valence-electron chi connectivity index (χ4n) is 2.80. The molecule has 1 fully saturated rings. The number of thioether (sulfide) groups is 1. The van der Waals surface area contributed by atoms with E-state index in [0.717, 1.165) is 29.9 Å². The van der Waals surface area contributed by atoms with Crippen LogP contribution in [0.5, 0.6) is 11.5 Å². The molecule has 1 N–H and O–H groups in total. The lowest BCUT2D eigenvalue weighted by atomic mass is 9.99. The zero-order valence-corrected chi connectivity index (χ0v) is 18.3. The van der Waals surface area contributed by atoms with Crippen molar-refractivity contribution in [1.82, 2.24) is 5.32 Å². The van der Waals surface area contributed by atoms with Crippen LogP contribution in [0.3, 0.4) is 0 Å². The summed E-state index contributed by atoms with van der Waals surface area (Å²) < 4.78 is 12.0. The first-order valence-electron chi connectivity index (χ1n) is 9.75. The van der Waals surface area contributed by atoms with E-state index in [0.29, 0.717) is 28.4 Å². The third kappa shape index (κ3) is 6.34. The average molecular weight is 428 g/mol. The summed E-state index contributed by atoms with van der Waals surface area (Å²) in [6.45, 7) is 5.62. The van der Waals surface area contributed by atoms with Crippen molar-refractivity contribution >= 4 is 40.3 Å². The fraction of sp³-hybridized carbons (Fsp3) is 0.304. The zero-order valence-electron chi connectivity index (χ0n) is 16.6. The Morgan fingerprint density at radius 2 is 1.62 bits per heavy atom. The molecule has 6 heteroatoms. The molecule has 1 saturated heterocycles. The Labute approximate surface area is 181 Å². The molecule has 0 aromatic heterocycles. The normalized spacial score (nSPS) is 16.0. The van der Waals surface area contributed by atoms with Gasteiger partial charge in [-0.2, -0.15) is 0 Å². The first kappa shape index (κ1) is 21.4. The van der Waals surface area contributed by atoms with Crippen molar-refractivity contribution in [2.24, 2.45) is 0 Å². The van der Waals surface area contributed by atoms with E-state index in [-0.39, 0.29) is 5.91 Å². The minimum absolute atomic E-state index is 0.144. The highest BCUT2D eigenvalue weighted by Gasteiger charge is 2.21. The third-order valence-electron chi connectivity index (χ3n) is 4.71. The number of amides is 1. The minimum Gasteiger partial charge on any atom is -0.493 e. The Kier molecular flexibility index (Phi) is 7.72. The molecule has 3 rings (SSSR count). The second kappa shape index (κ2) is 10.5. The largest absolute Gasteiger partial charge is 0.493 e. The van der Waals surface area contributed by atoms with Crippen molar-refractivity contribution in [3.05, 3.63) is 64.6 Å². The standard InChI is InChI=1S/C23H25NO3S2/c1-3-16(2)18-7-11-20(12-8-18)27-14-4-13-26-19-9-5-17(6-10-19)15-21-22(25)24-23(28)29-21/h5-12,15-16H,3-4,13-14H2,1-2H3,(H,24,25,28)/b21-15+. The number of carbonyl (C=O) groups is 1. The summed E-state index contributed by atoms with van der Waals surface area (Å²) >= 11 is 6.27. The van der Waals surface area contributed by atoms with Crippen LogP contribution in [0.1, 0.15) is 43.7 Å². The summed E-state index contributed by atoms with van der Waals surface area (Å²) in [4.78, 5) is 12.3. The SMILES string of the molecule is CCC(C)c1ccc(OCCCOc2ccc(/C=C3/SC(=S)NC3=O)cc2)cc1. The van der Waals surface area contributed by atoms with Gasteiger partial charge in [0.2, 0.25) is 0 Å². The van der Waals surface area contributed by atoms with Crippen LogP contribution >= 0.6 is 24.0 Å². The highest BCUT2D eigenvalue weighted by molar-refractivity contribution is 8.26. The maximum atomic E-state index is 11.7. The quantitative estimate of drug-likeness (QED) is 0.324. The lowest BCUT2D eigenvalue weighted by Gasteiger charge is -2.11. The predicted molar refractivity (Wildman–Crippen MR) is 124 cm³/mol. The van der Waals surface area contributed by atoms with E-state index in [1.165, 1.54) is 17.3 Å². The molecule has 0 aliphatic carbocycles. The van der Waals surface area contributed by atoms with Gasteiger partial charge in [-0.3, -0.25) is 4.79 Å². The molecule has 1 amide bonds. The molecule has 0 saturated carbocycles. The van der Waals surface area contributed by atoms with Crippen molar-refractivity contribution in [2.75, 3.05) is 13.2 Å². The number of hydrogen-bond acceptors (Lipinski definition) is 5. The molecule has 0 bridgehead atoms. The second-order valence-corrected chi connectivity index (χ2v) is 8.57. The number of nitrogens with one attached hydrogen (secondary N) is 1. The van der Waals surface area contributed by atoms with Gasteiger partial charge in [0.15, 0.2) is 0 Å². The monoisotopic (exact) mass is 427 g/mol.